The van der Waals surface area contributed by atoms with Crippen molar-refractivity contribution in [3.63, 3.8) is 0 Å². The molecule has 8 aromatic rings. The Labute approximate surface area is 402 Å². The molecule has 2 heterocycles. The normalized spacial score (nSPS) is 17.8. The largest absolute Gasteiger partial charge is 0.507 e. The molecule has 0 amide bonds. The van der Waals surface area contributed by atoms with Crippen LogP contribution < -0.4 is 0 Å². The number of aromatic nitrogens is 3. The van der Waals surface area contributed by atoms with E-state index in [4.69, 9.17) is 26.9 Å². The van der Waals surface area contributed by atoms with E-state index in [1.807, 2.05) is 96.1 Å². The van der Waals surface area contributed by atoms with Gasteiger partial charge >= 0.3 is 0 Å². The van der Waals surface area contributed by atoms with Crippen LogP contribution in [0.15, 0.2) is 139 Å². The van der Waals surface area contributed by atoms with Crippen molar-refractivity contribution in [1.82, 2.24) is 14.5 Å². The van der Waals surface area contributed by atoms with Crippen molar-refractivity contribution in [2.24, 2.45) is 0 Å². The summed E-state index contributed by atoms with van der Waals surface area (Å²) in [7, 11) is 0. The summed E-state index contributed by atoms with van der Waals surface area (Å²) in [6, 6.07) is 22.6. The fourth-order valence-electron chi connectivity index (χ4n) is 7.66. The number of phenols is 1. The van der Waals surface area contributed by atoms with E-state index in [9.17, 15) is 9.22 Å². The van der Waals surface area contributed by atoms with Crippen molar-refractivity contribution in [2.45, 2.75) is 111 Å². The van der Waals surface area contributed by atoms with Crippen LogP contribution in [0.4, 0.5) is 0 Å². The van der Waals surface area contributed by atoms with E-state index >= 15 is 0 Å². The number of hydrogen-bond acceptors (Lipinski definition) is 3. The second-order valence-corrected chi connectivity index (χ2v) is 19.2. The molecule has 0 radical (unpaired) electrons. The van der Waals surface area contributed by atoms with Gasteiger partial charge in [0.1, 0.15) is 11.6 Å². The average Bonchev–Trinajstić information content (AvgIpc) is 0.784. The van der Waals surface area contributed by atoms with Crippen molar-refractivity contribution in [3.05, 3.63) is 167 Å². The summed E-state index contributed by atoms with van der Waals surface area (Å²) >= 11 is 0. The Kier molecular flexibility index (Phi) is 6.47. The van der Waals surface area contributed by atoms with Crippen LogP contribution >= 0.6 is 0 Å². The first kappa shape index (κ1) is 25.8. The van der Waals surface area contributed by atoms with Crippen LogP contribution in [0.2, 0.25) is 0 Å². The second kappa shape index (κ2) is 15.8. The molecule has 0 spiro atoms. The van der Waals surface area contributed by atoms with Crippen molar-refractivity contribution in [1.29, 1.82) is 0 Å². The number of aromatic hydroxyl groups is 1. The molecule has 1 N–H and O–H groups in total. The van der Waals surface area contributed by atoms with Gasteiger partial charge in [-0.1, -0.05) is 168 Å². The first-order valence-corrected chi connectivity index (χ1v) is 20.8. The molecule has 0 fully saturated rings. The number of pyridine rings is 1. The highest BCUT2D eigenvalue weighted by Crippen LogP contribution is 2.45. The number of hydrogen-bond donors (Lipinski definition) is 1. The lowest BCUT2D eigenvalue weighted by Gasteiger charge is -2.27. The molecule has 0 aliphatic heterocycles. The third kappa shape index (κ3) is 8.61. The minimum atomic E-state index is -3.95. The van der Waals surface area contributed by atoms with Crippen molar-refractivity contribution >= 4 is 11.0 Å². The van der Waals surface area contributed by atoms with Gasteiger partial charge in [-0.2, -0.15) is 0 Å². The van der Waals surface area contributed by atoms with Crippen LogP contribution in [0, 0.1) is 6.85 Å². The maximum Gasteiger partial charge on any atom is 0.149 e. The first-order chi connectivity index (χ1) is 37.5. The van der Waals surface area contributed by atoms with Crippen LogP contribution in [-0.4, -0.2) is 19.6 Å². The molecule has 8 rings (SSSR count). The molecule has 0 atom stereocenters. The maximum absolute atomic E-state index is 12.5. The Morgan fingerprint density at radius 2 is 1.25 bits per heavy atom. The van der Waals surface area contributed by atoms with E-state index in [2.05, 4.69) is 25.8 Å². The van der Waals surface area contributed by atoms with Gasteiger partial charge in [0, 0.05) is 39.3 Å². The SMILES string of the molecule is [2H]c1nc(-c2cc(-c3cccc4c3nc(-c3cc(C(C)(C)C)cc(C(C)(C)C)c3O)n4-c3ccc(-c4ccccc4)cc3C([2H])([2H])[2H])cc(C(C)(C)C)c2)c([2H])c(-c2c([2H])c([2H])c(C(C([2H])([2H])[2H])(C([2H])([2H])[2H])C([2H])([2H])[2H])c([2H])c2[2H])c1[2H]. The summed E-state index contributed by atoms with van der Waals surface area (Å²) in [6.45, 7) is 3.42. The van der Waals surface area contributed by atoms with Gasteiger partial charge < -0.3 is 5.11 Å². The van der Waals surface area contributed by atoms with E-state index in [-0.39, 0.29) is 34.1 Å². The van der Waals surface area contributed by atoms with E-state index in [1.165, 1.54) is 0 Å². The quantitative estimate of drug-likeness (QED) is 0.181. The number of imidazole rings is 1. The number of aryl methyl sites for hydroxylation is 1. The number of rotatable bonds is 6. The Bertz CT molecular complexity index is 3780. The van der Waals surface area contributed by atoms with Gasteiger partial charge in [-0.3, -0.25) is 9.55 Å². The standard InChI is InChI=1S/C59H63N3O/c1-37-30-40(38-18-15-14-16-19-38)24-27-51(37)62-52-21-17-20-47(53(52)61-55(62)48-35-46(58(8,9)10)36-49(54(48)63)59(11,12)13)42-31-43(33-45(32-42)57(5,6)7)50-34-41(28-29-60-50)39-22-25-44(26-23-39)56(2,3)4/h14-36,63H,1-13H3/i1D3,2D3,3D3,4D3,22D,23D,25D,26D,28D,29D,34D. The lowest BCUT2D eigenvalue weighted by molar-refractivity contribution is 0.446. The predicted octanol–water partition coefficient (Wildman–Crippen LogP) is 16.0. The Morgan fingerprint density at radius 3 is 1.92 bits per heavy atom. The molecule has 2 aromatic heterocycles. The minimum Gasteiger partial charge on any atom is -0.507 e. The number of fused-ring (bicyclic) bond motifs is 1. The molecule has 6 aromatic carbocycles. The fourth-order valence-corrected chi connectivity index (χ4v) is 7.66. The molecule has 0 unspecified atom stereocenters. The predicted molar refractivity (Wildman–Crippen MR) is 267 cm³/mol. The van der Waals surface area contributed by atoms with Crippen molar-refractivity contribution in [2.75, 3.05) is 0 Å². The molecule has 4 nitrogen and oxygen atoms in total. The highest BCUT2D eigenvalue weighted by molar-refractivity contribution is 5.97. The second-order valence-electron chi connectivity index (χ2n) is 19.2. The number of benzene rings is 6. The molecular weight excluding hydrogens is 767 g/mol. The van der Waals surface area contributed by atoms with Crippen LogP contribution in [0.5, 0.6) is 5.75 Å². The highest BCUT2D eigenvalue weighted by atomic mass is 16.3. The lowest BCUT2D eigenvalue weighted by Crippen LogP contribution is -2.17. The summed E-state index contributed by atoms with van der Waals surface area (Å²) in [5.74, 6) is 0.175. The molecular formula is C59H63N3O. The third-order valence-electron chi connectivity index (χ3n) is 11.3. The van der Waals surface area contributed by atoms with Crippen molar-refractivity contribution < 1.29 is 31.2 Å². The van der Waals surface area contributed by atoms with Gasteiger partial charge in [-0.05, 0) is 127 Å². The van der Waals surface area contributed by atoms with E-state index < -0.39 is 108 Å². The van der Waals surface area contributed by atoms with E-state index in [0.29, 0.717) is 44.4 Å². The van der Waals surface area contributed by atoms with E-state index in [0.717, 1.165) is 11.1 Å². The molecule has 0 saturated carbocycles. The molecule has 0 aliphatic carbocycles. The minimum absolute atomic E-state index is 0.00997. The number of phenolic OH excluding ortho intramolecular Hbond substituents is 1. The zero-order chi connectivity index (χ0) is 61.3. The smallest absolute Gasteiger partial charge is 0.149 e. The van der Waals surface area contributed by atoms with Gasteiger partial charge in [0.05, 0.1) is 37.6 Å². The van der Waals surface area contributed by atoms with Gasteiger partial charge in [0.15, 0.2) is 0 Å². The van der Waals surface area contributed by atoms with E-state index in [1.54, 1.807) is 47.0 Å². The lowest BCUT2D eigenvalue weighted by atomic mass is 9.79. The molecule has 63 heavy (non-hydrogen) atoms. The van der Waals surface area contributed by atoms with Crippen molar-refractivity contribution in [3.8, 4) is 67.5 Å². The summed E-state index contributed by atoms with van der Waals surface area (Å²) in [5.41, 5.74) is -2.46. The average molecular weight is 849 g/mol. The molecule has 320 valence electrons. The molecule has 0 saturated heterocycles. The Balaban J connectivity index is 1.46. The van der Waals surface area contributed by atoms with Gasteiger partial charge in [0.2, 0.25) is 0 Å². The summed E-state index contributed by atoms with van der Waals surface area (Å²) in [6.07, 6.45) is -0.771. The monoisotopic (exact) mass is 849 g/mol. The Hall–Kier alpha value is -6.26. The zero-order valence-corrected chi connectivity index (χ0v) is 37.0. The van der Waals surface area contributed by atoms with Crippen LogP contribution in [0.25, 0.3) is 72.7 Å². The van der Waals surface area contributed by atoms with Gasteiger partial charge in [0.25, 0.3) is 0 Å². The maximum atomic E-state index is 12.5. The van der Waals surface area contributed by atoms with Gasteiger partial charge in [-0.25, -0.2) is 4.98 Å². The van der Waals surface area contributed by atoms with Crippen LogP contribution in [-0.2, 0) is 21.7 Å². The molecule has 0 bridgehead atoms. The zero-order valence-electron chi connectivity index (χ0n) is 56.0. The first-order valence-electron chi connectivity index (χ1n) is 30.3. The Morgan fingerprint density at radius 1 is 0.556 bits per heavy atom. The molecule has 4 heteroatoms. The highest BCUT2D eigenvalue weighted by Gasteiger charge is 2.29. The number of para-hydroxylation sites is 1. The topological polar surface area (TPSA) is 50.9 Å². The summed E-state index contributed by atoms with van der Waals surface area (Å²) < 4.78 is 167. The third-order valence-corrected chi connectivity index (χ3v) is 11.3. The summed E-state index contributed by atoms with van der Waals surface area (Å²) in [4.78, 5) is 9.76. The summed E-state index contributed by atoms with van der Waals surface area (Å²) in [5, 5.41) is 12.5. The number of nitrogens with zero attached hydrogens (tertiary/aromatic N) is 3. The van der Waals surface area contributed by atoms with Crippen LogP contribution in [0.1, 0.15) is 137 Å². The van der Waals surface area contributed by atoms with Gasteiger partial charge in [-0.15, -0.1) is 0 Å². The fraction of sp³-hybridized carbons (Fsp3) is 0.288. The van der Waals surface area contributed by atoms with Crippen LogP contribution in [0.3, 0.4) is 0 Å². The molecule has 0 aliphatic rings.